The van der Waals surface area contributed by atoms with Gasteiger partial charge in [0.25, 0.3) is 0 Å². The maximum absolute atomic E-state index is 5.83. The van der Waals surface area contributed by atoms with E-state index in [1.54, 1.807) is 0 Å². The monoisotopic (exact) mass is 254 g/mol. The molecule has 17 heavy (non-hydrogen) atoms. The van der Waals surface area contributed by atoms with Crippen LogP contribution in [0.1, 0.15) is 10.4 Å². The molecule has 0 atom stereocenters. The molecule has 0 spiro atoms. The molecule has 0 unspecified atom stereocenters. The standard InChI is InChI=1S/C13H22N2OS/c1-11-4-6-17-12(11)3-5-15(2)8-13(7-14)9-16-10-13/h4,6H,3,5,7-10,14H2,1-2H3. The molecule has 0 amide bonds. The molecule has 2 heterocycles. The molecular formula is C13H22N2OS. The molecule has 1 aromatic heterocycles. The summed E-state index contributed by atoms with van der Waals surface area (Å²) in [6, 6.07) is 2.20. The second-order valence-electron chi connectivity index (χ2n) is 5.21. The molecule has 0 radical (unpaired) electrons. The fourth-order valence-electron chi connectivity index (χ4n) is 2.27. The molecule has 0 saturated carbocycles. The summed E-state index contributed by atoms with van der Waals surface area (Å²) in [5.74, 6) is 0. The topological polar surface area (TPSA) is 38.5 Å². The van der Waals surface area contributed by atoms with Gasteiger partial charge in [-0.1, -0.05) is 0 Å². The highest BCUT2D eigenvalue weighted by Crippen LogP contribution is 2.27. The van der Waals surface area contributed by atoms with E-state index in [4.69, 9.17) is 10.5 Å². The first-order chi connectivity index (χ1) is 8.15. The van der Waals surface area contributed by atoms with Gasteiger partial charge in [0.2, 0.25) is 0 Å². The summed E-state index contributed by atoms with van der Waals surface area (Å²) < 4.78 is 5.29. The molecule has 1 saturated heterocycles. The predicted molar refractivity (Wildman–Crippen MR) is 72.6 cm³/mol. The van der Waals surface area contributed by atoms with Crippen molar-refractivity contribution < 1.29 is 4.74 Å². The Kier molecular flexibility index (Phi) is 4.20. The van der Waals surface area contributed by atoms with Crippen LogP contribution in [-0.2, 0) is 11.2 Å². The lowest BCUT2D eigenvalue weighted by Gasteiger charge is -2.43. The van der Waals surface area contributed by atoms with Gasteiger partial charge >= 0.3 is 0 Å². The Morgan fingerprint density at radius 3 is 2.76 bits per heavy atom. The van der Waals surface area contributed by atoms with Crippen LogP contribution in [0.15, 0.2) is 11.4 Å². The van der Waals surface area contributed by atoms with Crippen LogP contribution in [0.4, 0.5) is 0 Å². The molecule has 1 aliphatic rings. The third-order valence-corrected chi connectivity index (χ3v) is 4.63. The van der Waals surface area contributed by atoms with Gasteiger partial charge in [-0.25, -0.2) is 0 Å². The average Bonchev–Trinajstić information content (AvgIpc) is 2.67. The van der Waals surface area contributed by atoms with E-state index in [0.29, 0.717) is 0 Å². The quantitative estimate of drug-likeness (QED) is 0.836. The van der Waals surface area contributed by atoms with Crippen molar-refractivity contribution in [2.24, 2.45) is 11.1 Å². The number of likely N-dealkylation sites (N-methyl/N-ethyl adjacent to an activating group) is 1. The minimum absolute atomic E-state index is 0.221. The predicted octanol–water partition coefficient (Wildman–Crippen LogP) is 1.51. The number of ether oxygens (including phenoxy) is 1. The van der Waals surface area contributed by atoms with Crippen molar-refractivity contribution in [2.75, 3.05) is 39.9 Å². The molecule has 0 aliphatic carbocycles. The van der Waals surface area contributed by atoms with Crippen molar-refractivity contribution in [3.63, 3.8) is 0 Å². The Balaban J connectivity index is 1.78. The van der Waals surface area contributed by atoms with Crippen molar-refractivity contribution in [1.29, 1.82) is 0 Å². The first kappa shape index (κ1) is 13.0. The average molecular weight is 254 g/mol. The van der Waals surface area contributed by atoms with Gasteiger partial charge < -0.3 is 15.4 Å². The zero-order valence-electron chi connectivity index (χ0n) is 10.7. The van der Waals surface area contributed by atoms with Crippen molar-refractivity contribution in [3.05, 3.63) is 21.9 Å². The van der Waals surface area contributed by atoms with E-state index in [2.05, 4.69) is 30.3 Å². The van der Waals surface area contributed by atoms with Crippen LogP contribution in [0.3, 0.4) is 0 Å². The highest BCUT2D eigenvalue weighted by Gasteiger charge is 2.37. The highest BCUT2D eigenvalue weighted by molar-refractivity contribution is 7.10. The number of aryl methyl sites for hydroxylation is 1. The number of hydrogen-bond acceptors (Lipinski definition) is 4. The third kappa shape index (κ3) is 3.07. The summed E-state index contributed by atoms with van der Waals surface area (Å²) in [5, 5.41) is 2.17. The first-order valence-corrected chi connectivity index (χ1v) is 7.02. The van der Waals surface area contributed by atoms with Gasteiger partial charge in [0.1, 0.15) is 0 Å². The molecule has 2 N–H and O–H groups in total. The highest BCUT2D eigenvalue weighted by atomic mass is 32.1. The second kappa shape index (κ2) is 5.48. The molecule has 1 aliphatic heterocycles. The number of rotatable bonds is 6. The lowest BCUT2D eigenvalue weighted by Crippen LogP contribution is -2.54. The van der Waals surface area contributed by atoms with Gasteiger partial charge in [0.15, 0.2) is 0 Å². The van der Waals surface area contributed by atoms with E-state index in [0.717, 1.165) is 39.3 Å². The molecule has 4 heteroatoms. The maximum atomic E-state index is 5.83. The molecule has 2 rings (SSSR count). The van der Waals surface area contributed by atoms with Gasteiger partial charge in [0.05, 0.1) is 13.2 Å². The second-order valence-corrected chi connectivity index (χ2v) is 6.21. The lowest BCUT2D eigenvalue weighted by molar-refractivity contribution is -0.117. The lowest BCUT2D eigenvalue weighted by atomic mass is 9.85. The number of thiophene rings is 1. The van der Waals surface area contributed by atoms with Gasteiger partial charge in [0, 0.05) is 29.9 Å². The molecule has 0 aromatic carbocycles. The zero-order chi connectivity index (χ0) is 12.3. The van der Waals surface area contributed by atoms with E-state index in [1.165, 1.54) is 10.4 Å². The van der Waals surface area contributed by atoms with E-state index in [-0.39, 0.29) is 5.41 Å². The molecule has 1 aromatic rings. The summed E-state index contributed by atoms with van der Waals surface area (Å²) in [7, 11) is 2.18. The van der Waals surface area contributed by atoms with Gasteiger partial charge in [-0.2, -0.15) is 0 Å². The van der Waals surface area contributed by atoms with E-state index in [9.17, 15) is 0 Å². The zero-order valence-corrected chi connectivity index (χ0v) is 11.6. The SMILES string of the molecule is Cc1ccsc1CCN(C)CC1(CN)COC1. The van der Waals surface area contributed by atoms with Crippen LogP contribution in [-0.4, -0.2) is 44.8 Å². The maximum Gasteiger partial charge on any atom is 0.0569 e. The molecular weight excluding hydrogens is 232 g/mol. The van der Waals surface area contributed by atoms with Crippen LogP contribution >= 0.6 is 11.3 Å². The summed E-state index contributed by atoms with van der Waals surface area (Å²) in [5.41, 5.74) is 7.47. The van der Waals surface area contributed by atoms with Crippen LogP contribution in [0.2, 0.25) is 0 Å². The molecule has 0 bridgehead atoms. The van der Waals surface area contributed by atoms with Gasteiger partial charge in [-0.05, 0) is 37.4 Å². The molecule has 3 nitrogen and oxygen atoms in total. The van der Waals surface area contributed by atoms with Crippen molar-refractivity contribution in [3.8, 4) is 0 Å². The smallest absolute Gasteiger partial charge is 0.0569 e. The van der Waals surface area contributed by atoms with Crippen molar-refractivity contribution in [2.45, 2.75) is 13.3 Å². The van der Waals surface area contributed by atoms with Crippen LogP contribution < -0.4 is 5.73 Å². The molecule has 96 valence electrons. The normalized spacial score (nSPS) is 18.4. The Morgan fingerprint density at radius 1 is 1.53 bits per heavy atom. The Bertz CT molecular complexity index is 355. The molecule has 1 fully saturated rings. The summed E-state index contributed by atoms with van der Waals surface area (Å²) >= 11 is 1.86. The largest absolute Gasteiger partial charge is 0.380 e. The number of nitrogens with zero attached hydrogens (tertiary/aromatic N) is 1. The first-order valence-electron chi connectivity index (χ1n) is 6.14. The fourth-order valence-corrected chi connectivity index (χ4v) is 3.17. The van der Waals surface area contributed by atoms with E-state index in [1.807, 2.05) is 11.3 Å². The van der Waals surface area contributed by atoms with Crippen LogP contribution in [0.25, 0.3) is 0 Å². The fraction of sp³-hybridized carbons (Fsp3) is 0.692. The third-order valence-electron chi connectivity index (χ3n) is 3.54. The van der Waals surface area contributed by atoms with E-state index < -0.39 is 0 Å². The van der Waals surface area contributed by atoms with Gasteiger partial charge in [-0.3, -0.25) is 0 Å². The summed E-state index contributed by atoms with van der Waals surface area (Å²) in [6.07, 6.45) is 1.14. The van der Waals surface area contributed by atoms with Crippen molar-refractivity contribution >= 4 is 11.3 Å². The number of hydrogen-bond donors (Lipinski definition) is 1. The Morgan fingerprint density at radius 2 is 2.29 bits per heavy atom. The minimum Gasteiger partial charge on any atom is -0.380 e. The Hall–Kier alpha value is -0.420. The van der Waals surface area contributed by atoms with E-state index >= 15 is 0 Å². The van der Waals surface area contributed by atoms with Crippen LogP contribution in [0, 0.1) is 12.3 Å². The van der Waals surface area contributed by atoms with Crippen LogP contribution in [0.5, 0.6) is 0 Å². The summed E-state index contributed by atoms with van der Waals surface area (Å²) in [6.45, 7) is 6.72. The number of nitrogens with two attached hydrogens (primary N) is 1. The minimum atomic E-state index is 0.221. The van der Waals surface area contributed by atoms with Crippen molar-refractivity contribution in [1.82, 2.24) is 4.90 Å². The summed E-state index contributed by atoms with van der Waals surface area (Å²) in [4.78, 5) is 3.89. The van der Waals surface area contributed by atoms with Gasteiger partial charge in [-0.15, -0.1) is 11.3 Å². The Labute approximate surface area is 108 Å².